The molecule has 106 valence electrons. The van der Waals surface area contributed by atoms with Crippen molar-refractivity contribution in [2.45, 2.75) is 12.3 Å². The van der Waals surface area contributed by atoms with Crippen molar-refractivity contribution in [3.8, 4) is 0 Å². The Morgan fingerprint density at radius 2 is 2.29 bits per heavy atom. The van der Waals surface area contributed by atoms with Crippen molar-refractivity contribution in [3.63, 3.8) is 0 Å². The van der Waals surface area contributed by atoms with Crippen LogP contribution >= 0.6 is 0 Å². The Balaban J connectivity index is 1.58. The van der Waals surface area contributed by atoms with E-state index in [0.29, 0.717) is 24.6 Å². The first-order valence-corrected chi connectivity index (χ1v) is 6.81. The SMILES string of the molecule is O=C(c1n[nH]c2ccccc12)N1CCC(c2ncon2)C1. The summed E-state index contributed by atoms with van der Waals surface area (Å²) in [5.74, 6) is 0.744. The molecule has 1 amide bonds. The normalized spacial score (nSPS) is 18.5. The molecule has 1 N–H and O–H groups in total. The van der Waals surface area contributed by atoms with Gasteiger partial charge in [0.2, 0.25) is 6.39 Å². The van der Waals surface area contributed by atoms with Gasteiger partial charge in [0.15, 0.2) is 11.5 Å². The predicted octanol–water partition coefficient (Wildman–Crippen LogP) is 1.58. The smallest absolute Gasteiger partial charge is 0.275 e. The molecule has 4 rings (SSSR count). The highest BCUT2D eigenvalue weighted by atomic mass is 16.5. The maximum Gasteiger partial charge on any atom is 0.275 e. The fourth-order valence-corrected chi connectivity index (χ4v) is 2.79. The number of carbonyl (C=O) groups is 1. The number of H-pyrrole nitrogens is 1. The number of benzene rings is 1. The Morgan fingerprint density at radius 3 is 3.14 bits per heavy atom. The molecule has 0 bridgehead atoms. The van der Waals surface area contributed by atoms with Crippen LogP contribution in [0.2, 0.25) is 0 Å². The van der Waals surface area contributed by atoms with Gasteiger partial charge in [-0.25, -0.2) is 0 Å². The number of hydrogen-bond donors (Lipinski definition) is 1. The number of amides is 1. The van der Waals surface area contributed by atoms with E-state index >= 15 is 0 Å². The number of likely N-dealkylation sites (tertiary alicyclic amines) is 1. The van der Waals surface area contributed by atoms with Gasteiger partial charge in [0.1, 0.15) is 0 Å². The van der Waals surface area contributed by atoms with Crippen molar-refractivity contribution >= 4 is 16.8 Å². The Bertz CT molecular complexity index is 780. The molecule has 0 aliphatic carbocycles. The molecule has 1 saturated heterocycles. The van der Waals surface area contributed by atoms with E-state index in [1.54, 1.807) is 4.90 Å². The van der Waals surface area contributed by atoms with Crippen LogP contribution in [0.5, 0.6) is 0 Å². The van der Waals surface area contributed by atoms with Crippen molar-refractivity contribution in [2.75, 3.05) is 13.1 Å². The second kappa shape index (κ2) is 4.69. The molecule has 7 nitrogen and oxygen atoms in total. The number of para-hydroxylation sites is 1. The minimum absolute atomic E-state index is 0.0570. The number of nitrogens with one attached hydrogen (secondary N) is 1. The van der Waals surface area contributed by atoms with Crippen LogP contribution in [-0.2, 0) is 0 Å². The van der Waals surface area contributed by atoms with Crippen LogP contribution in [0.3, 0.4) is 0 Å². The van der Waals surface area contributed by atoms with Crippen molar-refractivity contribution in [1.82, 2.24) is 25.2 Å². The number of fused-ring (bicyclic) bond motifs is 1. The van der Waals surface area contributed by atoms with Crippen LogP contribution in [-0.4, -0.2) is 44.2 Å². The zero-order valence-corrected chi connectivity index (χ0v) is 11.2. The van der Waals surface area contributed by atoms with Gasteiger partial charge >= 0.3 is 0 Å². The van der Waals surface area contributed by atoms with Gasteiger partial charge in [-0.05, 0) is 12.5 Å². The van der Waals surface area contributed by atoms with E-state index in [1.807, 2.05) is 24.3 Å². The van der Waals surface area contributed by atoms with E-state index in [-0.39, 0.29) is 11.8 Å². The van der Waals surface area contributed by atoms with Gasteiger partial charge in [-0.3, -0.25) is 9.89 Å². The first-order chi connectivity index (χ1) is 10.3. The molecule has 1 aliphatic rings. The molecular weight excluding hydrogens is 270 g/mol. The van der Waals surface area contributed by atoms with Crippen molar-refractivity contribution in [3.05, 3.63) is 42.2 Å². The molecule has 3 heterocycles. The van der Waals surface area contributed by atoms with Gasteiger partial charge in [-0.1, -0.05) is 23.4 Å². The Labute approximate surface area is 119 Å². The summed E-state index contributed by atoms with van der Waals surface area (Å²) in [6.45, 7) is 1.28. The molecule has 7 heteroatoms. The highest BCUT2D eigenvalue weighted by Crippen LogP contribution is 2.26. The van der Waals surface area contributed by atoms with Crippen LogP contribution < -0.4 is 0 Å². The Morgan fingerprint density at radius 1 is 1.38 bits per heavy atom. The molecule has 2 aromatic heterocycles. The summed E-state index contributed by atoms with van der Waals surface area (Å²) in [4.78, 5) is 18.5. The number of nitrogens with zero attached hydrogens (tertiary/aromatic N) is 4. The lowest BCUT2D eigenvalue weighted by molar-refractivity contribution is 0.0786. The topological polar surface area (TPSA) is 87.9 Å². The maximum atomic E-state index is 12.6. The summed E-state index contributed by atoms with van der Waals surface area (Å²) >= 11 is 0. The summed E-state index contributed by atoms with van der Waals surface area (Å²) < 4.78 is 4.77. The number of rotatable bonds is 2. The monoisotopic (exact) mass is 283 g/mol. The average molecular weight is 283 g/mol. The van der Waals surface area contributed by atoms with Gasteiger partial charge in [0.05, 0.1) is 5.52 Å². The van der Waals surface area contributed by atoms with Crippen LogP contribution in [0, 0.1) is 0 Å². The molecule has 1 unspecified atom stereocenters. The van der Waals surface area contributed by atoms with Crippen LogP contribution in [0.15, 0.2) is 35.2 Å². The predicted molar refractivity (Wildman–Crippen MR) is 73.7 cm³/mol. The highest BCUT2D eigenvalue weighted by molar-refractivity contribution is 6.04. The highest BCUT2D eigenvalue weighted by Gasteiger charge is 2.31. The van der Waals surface area contributed by atoms with E-state index in [2.05, 4.69) is 20.3 Å². The first-order valence-electron chi connectivity index (χ1n) is 6.81. The third-order valence-electron chi connectivity index (χ3n) is 3.89. The molecule has 1 aliphatic heterocycles. The lowest BCUT2D eigenvalue weighted by Gasteiger charge is -2.14. The molecule has 0 spiro atoms. The molecule has 21 heavy (non-hydrogen) atoms. The third kappa shape index (κ3) is 1.97. The van der Waals surface area contributed by atoms with Crippen molar-refractivity contribution in [1.29, 1.82) is 0 Å². The minimum atomic E-state index is -0.0570. The van der Waals surface area contributed by atoms with Gasteiger partial charge < -0.3 is 9.42 Å². The van der Waals surface area contributed by atoms with E-state index in [4.69, 9.17) is 4.52 Å². The summed E-state index contributed by atoms with van der Waals surface area (Å²) in [6.07, 6.45) is 2.16. The Kier molecular flexibility index (Phi) is 2.70. The first kappa shape index (κ1) is 12.1. The van der Waals surface area contributed by atoms with Gasteiger partial charge in [0, 0.05) is 24.4 Å². The van der Waals surface area contributed by atoms with E-state index in [0.717, 1.165) is 17.3 Å². The molecule has 1 atom stereocenters. The van der Waals surface area contributed by atoms with E-state index in [1.165, 1.54) is 6.39 Å². The zero-order chi connectivity index (χ0) is 14.2. The van der Waals surface area contributed by atoms with Crippen LogP contribution in [0.4, 0.5) is 0 Å². The fraction of sp³-hybridized carbons (Fsp3) is 0.286. The number of aromatic amines is 1. The van der Waals surface area contributed by atoms with Crippen molar-refractivity contribution < 1.29 is 9.32 Å². The standard InChI is InChI=1S/C14H13N5O2/c20-14(12-10-3-1-2-4-11(10)16-17-12)19-6-5-9(7-19)13-15-8-21-18-13/h1-4,8-9H,5-7H2,(H,16,17). The molecule has 1 fully saturated rings. The van der Waals surface area contributed by atoms with Gasteiger partial charge in [-0.2, -0.15) is 10.1 Å². The molecule has 0 radical (unpaired) electrons. The second-order valence-corrected chi connectivity index (χ2v) is 5.14. The van der Waals surface area contributed by atoms with Crippen LogP contribution in [0.1, 0.15) is 28.7 Å². The maximum absolute atomic E-state index is 12.6. The summed E-state index contributed by atoms with van der Waals surface area (Å²) in [7, 11) is 0. The lowest BCUT2D eigenvalue weighted by Crippen LogP contribution is -2.29. The largest absolute Gasteiger partial charge is 0.343 e. The summed E-state index contributed by atoms with van der Waals surface area (Å²) in [5, 5.41) is 11.8. The van der Waals surface area contributed by atoms with Crippen LogP contribution in [0.25, 0.3) is 10.9 Å². The van der Waals surface area contributed by atoms with E-state index < -0.39 is 0 Å². The average Bonchev–Trinajstić information content (AvgIpc) is 3.25. The van der Waals surface area contributed by atoms with E-state index in [9.17, 15) is 4.79 Å². The molecule has 1 aromatic carbocycles. The molecule has 0 saturated carbocycles. The molecular formula is C14H13N5O2. The molecule has 3 aromatic rings. The van der Waals surface area contributed by atoms with Gasteiger partial charge in [0.25, 0.3) is 5.91 Å². The number of hydrogen-bond acceptors (Lipinski definition) is 5. The van der Waals surface area contributed by atoms with Gasteiger partial charge in [-0.15, -0.1) is 0 Å². The lowest BCUT2D eigenvalue weighted by atomic mass is 10.1. The summed E-state index contributed by atoms with van der Waals surface area (Å²) in [6, 6.07) is 7.63. The van der Waals surface area contributed by atoms with Crippen molar-refractivity contribution in [2.24, 2.45) is 0 Å². The minimum Gasteiger partial charge on any atom is -0.343 e. The fourth-order valence-electron chi connectivity index (χ4n) is 2.79. The second-order valence-electron chi connectivity index (χ2n) is 5.14. The number of carbonyl (C=O) groups excluding carboxylic acids is 1. The summed E-state index contributed by atoms with van der Waals surface area (Å²) in [5.41, 5.74) is 1.34. The third-order valence-corrected chi connectivity index (χ3v) is 3.89. The number of aromatic nitrogens is 4. The zero-order valence-electron chi connectivity index (χ0n) is 11.2. The Hall–Kier alpha value is -2.70. The quantitative estimate of drug-likeness (QED) is 0.771.